The molecule has 1 aromatic carbocycles. The lowest BCUT2D eigenvalue weighted by Crippen LogP contribution is -2.45. The smallest absolute Gasteiger partial charge is 0.243 e. The maximum Gasteiger partial charge on any atom is 0.243 e. The first kappa shape index (κ1) is 12.8. The van der Waals surface area contributed by atoms with Crippen LogP contribution in [-0.4, -0.2) is 38.0 Å². The number of sulfonamides is 1. The molecule has 3 rings (SSSR count). The quantitative estimate of drug-likeness (QED) is 0.822. The molecule has 2 heterocycles. The molecule has 2 bridgehead atoms. The van der Waals surface area contributed by atoms with Gasteiger partial charge in [0.05, 0.1) is 22.8 Å². The Labute approximate surface area is 111 Å². The summed E-state index contributed by atoms with van der Waals surface area (Å²) in [5, 5.41) is 0. The van der Waals surface area contributed by atoms with Gasteiger partial charge < -0.3 is 10.5 Å². The highest BCUT2D eigenvalue weighted by atomic mass is 32.2. The summed E-state index contributed by atoms with van der Waals surface area (Å²) in [4.78, 5) is -0.0551. The van der Waals surface area contributed by atoms with E-state index in [1.54, 1.807) is 0 Å². The zero-order valence-electron chi connectivity index (χ0n) is 10.3. The van der Waals surface area contributed by atoms with Gasteiger partial charge in [0, 0.05) is 13.1 Å². The van der Waals surface area contributed by atoms with Gasteiger partial charge in [0.2, 0.25) is 10.0 Å². The molecule has 2 atom stereocenters. The third-order valence-electron chi connectivity index (χ3n) is 3.62. The largest absolute Gasteiger partial charge is 0.396 e. The van der Waals surface area contributed by atoms with Crippen LogP contribution in [0.25, 0.3) is 0 Å². The van der Waals surface area contributed by atoms with E-state index >= 15 is 0 Å². The van der Waals surface area contributed by atoms with Gasteiger partial charge in [0.15, 0.2) is 0 Å². The molecule has 19 heavy (non-hydrogen) atoms. The summed E-state index contributed by atoms with van der Waals surface area (Å²) in [6, 6.07) is 3.59. The van der Waals surface area contributed by atoms with Crippen LogP contribution < -0.4 is 5.73 Å². The molecule has 2 aliphatic heterocycles. The van der Waals surface area contributed by atoms with Crippen LogP contribution in [0, 0.1) is 5.82 Å². The summed E-state index contributed by atoms with van der Waals surface area (Å²) in [7, 11) is -3.67. The molecule has 2 saturated heterocycles. The first-order valence-corrected chi connectivity index (χ1v) is 7.61. The summed E-state index contributed by atoms with van der Waals surface area (Å²) >= 11 is 0. The summed E-state index contributed by atoms with van der Waals surface area (Å²) in [5.41, 5.74) is 5.31. The van der Waals surface area contributed by atoms with Gasteiger partial charge in [0.25, 0.3) is 0 Å². The number of halogens is 1. The van der Waals surface area contributed by atoms with Crippen molar-refractivity contribution in [3.8, 4) is 0 Å². The van der Waals surface area contributed by atoms with Gasteiger partial charge in [-0.3, -0.25) is 0 Å². The average Bonchev–Trinajstić information content (AvgIpc) is 2.71. The Hall–Kier alpha value is -1.18. The SMILES string of the molecule is Nc1ccc(S(=O)(=O)N2CC3CCC(C2)O3)cc1F. The van der Waals surface area contributed by atoms with E-state index in [2.05, 4.69) is 0 Å². The number of fused-ring (bicyclic) bond motifs is 2. The molecule has 0 saturated carbocycles. The van der Waals surface area contributed by atoms with Crippen molar-refractivity contribution in [2.75, 3.05) is 18.8 Å². The number of nitrogen functional groups attached to an aromatic ring is 1. The molecule has 5 nitrogen and oxygen atoms in total. The summed E-state index contributed by atoms with van der Waals surface area (Å²) in [5.74, 6) is -0.711. The Morgan fingerprint density at radius 3 is 2.47 bits per heavy atom. The maximum absolute atomic E-state index is 13.4. The van der Waals surface area contributed by atoms with Gasteiger partial charge in [-0.1, -0.05) is 0 Å². The van der Waals surface area contributed by atoms with Gasteiger partial charge >= 0.3 is 0 Å². The molecule has 0 aliphatic carbocycles. The Balaban J connectivity index is 1.91. The highest BCUT2D eigenvalue weighted by Crippen LogP contribution is 2.30. The molecule has 0 aromatic heterocycles. The minimum absolute atomic E-state index is 0.0350. The van der Waals surface area contributed by atoms with E-state index in [0.717, 1.165) is 18.9 Å². The number of nitrogens with zero attached hydrogens (tertiary/aromatic N) is 1. The van der Waals surface area contributed by atoms with Crippen molar-refractivity contribution >= 4 is 15.7 Å². The number of benzene rings is 1. The van der Waals surface area contributed by atoms with Crippen molar-refractivity contribution in [2.24, 2.45) is 0 Å². The molecule has 0 spiro atoms. The standard InChI is InChI=1S/C12H15FN2O3S/c13-11-5-10(3-4-12(11)14)19(16,17)15-6-8-1-2-9(7-15)18-8/h3-5,8-9H,1-2,6-7,14H2. The average molecular weight is 286 g/mol. The van der Waals surface area contributed by atoms with E-state index in [-0.39, 0.29) is 22.8 Å². The number of morpholine rings is 1. The topological polar surface area (TPSA) is 72.6 Å². The first-order chi connectivity index (χ1) is 8.96. The summed E-state index contributed by atoms with van der Waals surface area (Å²) < 4.78 is 45.3. The van der Waals surface area contributed by atoms with Gasteiger partial charge in [0.1, 0.15) is 5.82 Å². The van der Waals surface area contributed by atoms with Crippen molar-refractivity contribution < 1.29 is 17.5 Å². The normalized spacial score (nSPS) is 27.6. The second kappa shape index (κ2) is 4.43. The van der Waals surface area contributed by atoms with Crippen molar-refractivity contribution in [1.82, 2.24) is 4.31 Å². The molecule has 0 radical (unpaired) electrons. The lowest BCUT2D eigenvalue weighted by Gasteiger charge is -2.31. The Morgan fingerprint density at radius 1 is 1.26 bits per heavy atom. The third kappa shape index (κ3) is 2.22. The fourth-order valence-corrected chi connectivity index (χ4v) is 4.11. The lowest BCUT2D eigenvalue weighted by molar-refractivity contribution is -0.0114. The molecule has 2 N–H and O–H groups in total. The molecule has 7 heteroatoms. The van der Waals surface area contributed by atoms with Crippen molar-refractivity contribution in [2.45, 2.75) is 29.9 Å². The molecule has 2 aliphatic rings. The second-order valence-corrected chi connectivity index (χ2v) is 6.90. The van der Waals surface area contributed by atoms with E-state index < -0.39 is 15.8 Å². The van der Waals surface area contributed by atoms with Crippen LogP contribution in [0.3, 0.4) is 0 Å². The second-order valence-electron chi connectivity index (χ2n) is 4.96. The van der Waals surface area contributed by atoms with Crippen LogP contribution >= 0.6 is 0 Å². The molecule has 1 aromatic rings. The Kier molecular flexibility index (Phi) is 2.99. The molecule has 104 valence electrons. The van der Waals surface area contributed by atoms with E-state index in [9.17, 15) is 12.8 Å². The number of rotatable bonds is 2. The number of anilines is 1. The van der Waals surface area contributed by atoms with Crippen molar-refractivity contribution in [3.63, 3.8) is 0 Å². The number of ether oxygens (including phenoxy) is 1. The van der Waals surface area contributed by atoms with E-state index in [1.165, 1.54) is 16.4 Å². The Bertz CT molecular complexity index is 593. The van der Waals surface area contributed by atoms with E-state index in [4.69, 9.17) is 10.5 Å². The molecular weight excluding hydrogens is 271 g/mol. The van der Waals surface area contributed by atoms with Crippen LogP contribution in [0.2, 0.25) is 0 Å². The van der Waals surface area contributed by atoms with Crippen molar-refractivity contribution in [3.05, 3.63) is 24.0 Å². The minimum Gasteiger partial charge on any atom is -0.396 e. The predicted octanol–water partition coefficient (Wildman–Crippen LogP) is 0.960. The highest BCUT2D eigenvalue weighted by Gasteiger charge is 2.39. The van der Waals surface area contributed by atoms with E-state index in [1.807, 2.05) is 0 Å². The van der Waals surface area contributed by atoms with Crippen LogP contribution in [0.4, 0.5) is 10.1 Å². The van der Waals surface area contributed by atoms with Gasteiger partial charge in [-0.25, -0.2) is 12.8 Å². The van der Waals surface area contributed by atoms with Crippen molar-refractivity contribution in [1.29, 1.82) is 0 Å². The predicted molar refractivity (Wildman–Crippen MR) is 67.5 cm³/mol. The fraction of sp³-hybridized carbons (Fsp3) is 0.500. The number of hydrogen-bond donors (Lipinski definition) is 1. The maximum atomic E-state index is 13.4. The monoisotopic (exact) mass is 286 g/mol. The Morgan fingerprint density at radius 2 is 1.89 bits per heavy atom. The van der Waals surface area contributed by atoms with E-state index in [0.29, 0.717) is 13.1 Å². The summed E-state index contributed by atoms with van der Waals surface area (Å²) in [6.45, 7) is 0.676. The fourth-order valence-electron chi connectivity index (χ4n) is 2.59. The number of hydrogen-bond acceptors (Lipinski definition) is 4. The van der Waals surface area contributed by atoms with Gasteiger partial charge in [-0.15, -0.1) is 0 Å². The number of nitrogens with two attached hydrogens (primary N) is 1. The highest BCUT2D eigenvalue weighted by molar-refractivity contribution is 7.89. The minimum atomic E-state index is -3.67. The molecular formula is C12H15FN2O3S. The molecule has 0 amide bonds. The van der Waals surface area contributed by atoms with Gasteiger partial charge in [-0.05, 0) is 31.0 Å². The zero-order valence-corrected chi connectivity index (χ0v) is 11.1. The lowest BCUT2D eigenvalue weighted by atomic mass is 10.2. The molecule has 2 fully saturated rings. The van der Waals surface area contributed by atoms with Crippen LogP contribution in [0.5, 0.6) is 0 Å². The summed E-state index contributed by atoms with van der Waals surface area (Å²) in [6.07, 6.45) is 1.69. The zero-order chi connectivity index (χ0) is 13.6. The van der Waals surface area contributed by atoms with Crippen LogP contribution in [-0.2, 0) is 14.8 Å². The first-order valence-electron chi connectivity index (χ1n) is 6.17. The van der Waals surface area contributed by atoms with Gasteiger partial charge in [-0.2, -0.15) is 4.31 Å². The van der Waals surface area contributed by atoms with Crippen LogP contribution in [0.1, 0.15) is 12.8 Å². The van der Waals surface area contributed by atoms with Crippen LogP contribution in [0.15, 0.2) is 23.1 Å². The third-order valence-corrected chi connectivity index (χ3v) is 5.45. The molecule has 2 unspecified atom stereocenters.